The number of halogens is 3. The van der Waals surface area contributed by atoms with Gasteiger partial charge in [-0.25, -0.2) is 0 Å². The summed E-state index contributed by atoms with van der Waals surface area (Å²) in [4.78, 5) is -0.258. The van der Waals surface area contributed by atoms with Crippen LogP contribution < -0.4 is 11.1 Å². The normalized spacial score (nSPS) is 22.9. The number of benzene rings is 1. The van der Waals surface area contributed by atoms with Crippen LogP contribution in [0.4, 0.5) is 18.9 Å². The minimum atomic E-state index is -4.47. The van der Waals surface area contributed by atoms with E-state index >= 15 is 0 Å². The molecule has 2 atom stereocenters. The second-order valence-corrected chi connectivity index (χ2v) is 5.61. The van der Waals surface area contributed by atoms with E-state index in [9.17, 15) is 13.2 Å². The van der Waals surface area contributed by atoms with Gasteiger partial charge in [0.25, 0.3) is 0 Å². The molecule has 21 heavy (non-hydrogen) atoms. The monoisotopic (exact) mass is 318 g/mol. The summed E-state index contributed by atoms with van der Waals surface area (Å²) in [5.74, 6) is 0. The number of hydrogen-bond donors (Lipinski definition) is 2. The Hall–Kier alpha value is -1.34. The van der Waals surface area contributed by atoms with E-state index in [0.717, 1.165) is 18.9 Å². The van der Waals surface area contributed by atoms with Gasteiger partial charge in [0.15, 0.2) is 0 Å². The maximum absolute atomic E-state index is 12.9. The number of nitrogens with two attached hydrogens (primary N) is 1. The van der Waals surface area contributed by atoms with Crippen molar-refractivity contribution >= 4 is 22.9 Å². The van der Waals surface area contributed by atoms with E-state index in [4.69, 9.17) is 22.7 Å². The molecule has 0 aliphatic carbocycles. The van der Waals surface area contributed by atoms with Gasteiger partial charge in [-0.3, -0.25) is 0 Å². The summed E-state index contributed by atoms with van der Waals surface area (Å²) in [7, 11) is 0. The maximum Gasteiger partial charge on any atom is 0.417 e. The molecule has 1 fully saturated rings. The quantitative estimate of drug-likeness (QED) is 0.839. The van der Waals surface area contributed by atoms with Crippen LogP contribution in [0.5, 0.6) is 0 Å². The molecule has 1 aromatic carbocycles. The fourth-order valence-corrected chi connectivity index (χ4v) is 2.62. The van der Waals surface area contributed by atoms with Gasteiger partial charge in [-0.2, -0.15) is 13.2 Å². The minimum Gasteiger partial charge on any atom is -0.389 e. The molecule has 0 saturated carbocycles. The average molecular weight is 318 g/mol. The van der Waals surface area contributed by atoms with E-state index in [0.29, 0.717) is 12.3 Å². The number of hydrogen-bond acceptors (Lipinski definition) is 3. The molecule has 7 heteroatoms. The summed E-state index contributed by atoms with van der Waals surface area (Å²) < 4.78 is 44.1. The van der Waals surface area contributed by atoms with Gasteiger partial charge >= 0.3 is 6.18 Å². The zero-order chi connectivity index (χ0) is 15.6. The third-order valence-corrected chi connectivity index (χ3v) is 3.67. The molecule has 1 aliphatic rings. The fourth-order valence-electron chi connectivity index (χ4n) is 2.45. The fraction of sp³-hybridized carbons (Fsp3) is 0.500. The van der Waals surface area contributed by atoms with E-state index in [1.165, 1.54) is 12.1 Å². The second kappa shape index (κ2) is 6.19. The molecule has 0 radical (unpaired) electrons. The van der Waals surface area contributed by atoms with Gasteiger partial charge in [0.05, 0.1) is 11.7 Å². The van der Waals surface area contributed by atoms with Crippen molar-refractivity contribution in [3.05, 3.63) is 29.3 Å². The highest BCUT2D eigenvalue weighted by molar-refractivity contribution is 7.80. The molecule has 3 N–H and O–H groups in total. The Kier molecular flexibility index (Phi) is 4.73. The number of anilines is 1. The van der Waals surface area contributed by atoms with Crippen molar-refractivity contribution in [2.45, 2.75) is 38.1 Å². The highest BCUT2D eigenvalue weighted by atomic mass is 32.1. The lowest BCUT2D eigenvalue weighted by Crippen LogP contribution is -2.32. The summed E-state index contributed by atoms with van der Waals surface area (Å²) in [5.41, 5.74) is 5.05. The van der Waals surface area contributed by atoms with Crippen molar-refractivity contribution in [2.24, 2.45) is 5.73 Å². The topological polar surface area (TPSA) is 47.3 Å². The van der Waals surface area contributed by atoms with Gasteiger partial charge in [0.1, 0.15) is 4.99 Å². The van der Waals surface area contributed by atoms with Gasteiger partial charge in [-0.15, -0.1) is 0 Å². The molecule has 1 aliphatic heterocycles. The summed E-state index contributed by atoms with van der Waals surface area (Å²) >= 11 is 4.73. The average Bonchev–Trinajstić information content (AvgIpc) is 2.37. The predicted octanol–water partition coefficient (Wildman–Crippen LogP) is 3.32. The largest absolute Gasteiger partial charge is 0.417 e. The maximum atomic E-state index is 12.9. The molecule has 1 saturated heterocycles. The Balaban J connectivity index is 2.22. The first-order valence-electron chi connectivity index (χ1n) is 6.66. The zero-order valence-corrected chi connectivity index (χ0v) is 12.4. The number of alkyl halides is 3. The Morgan fingerprint density at radius 2 is 2.14 bits per heavy atom. The van der Waals surface area contributed by atoms with Crippen molar-refractivity contribution in [1.82, 2.24) is 0 Å². The molecule has 1 heterocycles. The lowest BCUT2D eigenvalue weighted by Gasteiger charge is -2.29. The summed E-state index contributed by atoms with van der Waals surface area (Å²) in [6, 6.07) is 3.96. The van der Waals surface area contributed by atoms with Crippen molar-refractivity contribution in [2.75, 3.05) is 11.9 Å². The molecule has 0 amide bonds. The summed E-state index contributed by atoms with van der Waals surface area (Å²) in [6.07, 6.45) is -2.71. The summed E-state index contributed by atoms with van der Waals surface area (Å²) in [5, 5.41) is 3.22. The zero-order valence-electron chi connectivity index (χ0n) is 11.5. The second-order valence-electron chi connectivity index (χ2n) is 5.17. The Morgan fingerprint density at radius 3 is 2.71 bits per heavy atom. The van der Waals surface area contributed by atoms with Crippen LogP contribution in [0.15, 0.2) is 18.2 Å². The number of ether oxygens (including phenoxy) is 1. The molecule has 0 spiro atoms. The van der Waals surface area contributed by atoms with Crippen LogP contribution in [0.1, 0.15) is 30.9 Å². The molecular formula is C14H17F3N2OS. The minimum absolute atomic E-state index is 0.140. The molecule has 0 bridgehead atoms. The lowest BCUT2D eigenvalue weighted by atomic mass is 10.0. The standard InChI is InChI=1S/C14H17F3N2OS/c1-8-6-10(4-5-20-8)19-9-2-3-12(14(15,16)17)11(7-9)13(18)21/h2-3,7-8,10,19H,4-6H2,1H3,(H2,18,21). The number of rotatable bonds is 3. The molecule has 116 valence electrons. The van der Waals surface area contributed by atoms with Gasteiger partial charge < -0.3 is 15.8 Å². The highest BCUT2D eigenvalue weighted by Gasteiger charge is 2.34. The Bertz CT molecular complexity index is 533. The van der Waals surface area contributed by atoms with Crippen LogP contribution >= 0.6 is 12.2 Å². The molecule has 2 unspecified atom stereocenters. The Labute approximate surface area is 126 Å². The van der Waals surface area contributed by atoms with Crippen molar-refractivity contribution < 1.29 is 17.9 Å². The summed E-state index contributed by atoms with van der Waals surface area (Å²) in [6.45, 7) is 2.61. The van der Waals surface area contributed by atoms with Gasteiger partial charge in [-0.05, 0) is 38.0 Å². The van der Waals surface area contributed by atoms with Crippen LogP contribution in [-0.4, -0.2) is 23.7 Å². The molecule has 3 nitrogen and oxygen atoms in total. The Morgan fingerprint density at radius 1 is 1.43 bits per heavy atom. The number of nitrogens with one attached hydrogen (secondary N) is 1. The predicted molar refractivity (Wildman–Crippen MR) is 79.4 cm³/mol. The van der Waals surface area contributed by atoms with E-state index in [1.54, 1.807) is 0 Å². The van der Waals surface area contributed by atoms with Crippen LogP contribution in [0.25, 0.3) is 0 Å². The smallest absolute Gasteiger partial charge is 0.389 e. The molecular weight excluding hydrogens is 301 g/mol. The SMILES string of the molecule is CC1CC(Nc2ccc(C(F)(F)F)c(C(N)=S)c2)CCO1. The van der Waals surface area contributed by atoms with Gasteiger partial charge in [0, 0.05) is 23.9 Å². The lowest BCUT2D eigenvalue weighted by molar-refractivity contribution is -0.137. The van der Waals surface area contributed by atoms with Crippen molar-refractivity contribution in [3.8, 4) is 0 Å². The van der Waals surface area contributed by atoms with Crippen molar-refractivity contribution in [1.29, 1.82) is 0 Å². The molecule has 2 rings (SSSR count). The van der Waals surface area contributed by atoms with Gasteiger partial charge in [-0.1, -0.05) is 12.2 Å². The molecule has 1 aromatic rings. The van der Waals surface area contributed by atoms with Crippen molar-refractivity contribution in [3.63, 3.8) is 0 Å². The van der Waals surface area contributed by atoms with E-state index in [2.05, 4.69) is 5.32 Å². The van der Waals surface area contributed by atoms with E-state index in [-0.39, 0.29) is 22.7 Å². The number of thiocarbonyl (C=S) groups is 1. The van der Waals surface area contributed by atoms with E-state index < -0.39 is 11.7 Å². The third kappa shape index (κ3) is 4.07. The van der Waals surface area contributed by atoms with Crippen LogP contribution in [0.3, 0.4) is 0 Å². The first-order chi connectivity index (χ1) is 9.77. The first-order valence-corrected chi connectivity index (χ1v) is 7.07. The molecule has 0 aromatic heterocycles. The highest BCUT2D eigenvalue weighted by Crippen LogP contribution is 2.33. The third-order valence-electron chi connectivity index (χ3n) is 3.45. The first kappa shape index (κ1) is 16.0. The van der Waals surface area contributed by atoms with Crippen LogP contribution in [0, 0.1) is 0 Å². The van der Waals surface area contributed by atoms with Crippen LogP contribution in [0.2, 0.25) is 0 Å². The van der Waals surface area contributed by atoms with Crippen LogP contribution in [-0.2, 0) is 10.9 Å². The van der Waals surface area contributed by atoms with Gasteiger partial charge in [0.2, 0.25) is 0 Å². The van der Waals surface area contributed by atoms with E-state index in [1.807, 2.05) is 6.92 Å².